The van der Waals surface area contributed by atoms with Crippen LogP contribution in [0.4, 0.5) is 0 Å². The van der Waals surface area contributed by atoms with Gasteiger partial charge >= 0.3 is 5.97 Å². The van der Waals surface area contributed by atoms with Crippen LogP contribution in [0.3, 0.4) is 0 Å². The smallest absolute Gasteiger partial charge is 0.339 e. The predicted molar refractivity (Wildman–Crippen MR) is 73.4 cm³/mol. The lowest BCUT2D eigenvalue weighted by Crippen LogP contribution is -2.18. The molecule has 0 aliphatic carbocycles. The van der Waals surface area contributed by atoms with E-state index < -0.39 is 0 Å². The molecule has 0 unspecified atom stereocenters. The first-order valence-electron chi connectivity index (χ1n) is 5.40. The maximum Gasteiger partial charge on any atom is 0.339 e. The van der Waals surface area contributed by atoms with Gasteiger partial charge in [0.25, 0.3) is 0 Å². The van der Waals surface area contributed by atoms with E-state index in [4.69, 9.17) is 21.1 Å². The van der Waals surface area contributed by atoms with Gasteiger partial charge < -0.3 is 9.47 Å². The Morgan fingerprint density at radius 1 is 1.59 bits per heavy atom. The highest BCUT2D eigenvalue weighted by Gasteiger charge is 2.19. The third-order valence-corrected chi connectivity index (χ3v) is 3.75. The van der Waals surface area contributed by atoms with Crippen molar-refractivity contribution in [1.82, 2.24) is 0 Å². The van der Waals surface area contributed by atoms with Crippen LogP contribution in [0.1, 0.15) is 23.2 Å². The average Bonchev–Trinajstić information content (AvgIpc) is 2.82. The highest BCUT2D eigenvalue weighted by molar-refractivity contribution is 14.1. The summed E-state index contributed by atoms with van der Waals surface area (Å²) in [4.78, 5) is 11.8. The first-order chi connectivity index (χ1) is 8.16. The van der Waals surface area contributed by atoms with Crippen LogP contribution in [-0.2, 0) is 9.47 Å². The molecule has 1 heterocycles. The Labute approximate surface area is 119 Å². The van der Waals surface area contributed by atoms with E-state index in [-0.39, 0.29) is 12.1 Å². The van der Waals surface area contributed by atoms with Crippen LogP contribution in [0.5, 0.6) is 0 Å². The molecule has 0 saturated carbocycles. The first kappa shape index (κ1) is 13.1. The molecule has 17 heavy (non-hydrogen) atoms. The molecule has 5 heteroatoms. The predicted octanol–water partition coefficient (Wildman–Crippen LogP) is 3.28. The quantitative estimate of drug-likeness (QED) is 0.608. The molecule has 0 spiro atoms. The number of carbonyl (C=O) groups excluding carboxylic acids is 1. The summed E-state index contributed by atoms with van der Waals surface area (Å²) in [5.74, 6) is -0.340. The zero-order valence-electron chi connectivity index (χ0n) is 9.12. The van der Waals surface area contributed by atoms with E-state index in [1.807, 2.05) is 0 Å². The van der Waals surface area contributed by atoms with Gasteiger partial charge in [0.05, 0.1) is 11.7 Å². The number of carbonyl (C=O) groups is 1. The summed E-state index contributed by atoms with van der Waals surface area (Å²) in [6, 6.07) is 5.17. The van der Waals surface area contributed by atoms with E-state index in [0.717, 1.165) is 23.0 Å². The molecule has 0 aromatic heterocycles. The Hall–Kier alpha value is -0.330. The van der Waals surface area contributed by atoms with E-state index in [1.165, 1.54) is 0 Å². The third kappa shape index (κ3) is 3.56. The van der Waals surface area contributed by atoms with Crippen molar-refractivity contribution in [2.45, 2.75) is 18.9 Å². The Morgan fingerprint density at radius 3 is 3.12 bits per heavy atom. The molecule has 2 rings (SSSR count). The molecule has 1 aliphatic heterocycles. The second-order valence-electron chi connectivity index (χ2n) is 3.86. The highest BCUT2D eigenvalue weighted by atomic mass is 127. The average molecular weight is 367 g/mol. The summed E-state index contributed by atoms with van der Waals surface area (Å²) in [6.45, 7) is 1.08. The minimum absolute atomic E-state index is 0.0517. The molecule has 0 N–H and O–H groups in total. The number of rotatable bonds is 3. The molecule has 1 aromatic rings. The Kier molecular flexibility index (Phi) is 4.64. The van der Waals surface area contributed by atoms with Crippen molar-refractivity contribution in [2.75, 3.05) is 13.2 Å². The number of hydrogen-bond donors (Lipinski definition) is 0. The number of ether oxygens (including phenoxy) is 2. The summed E-state index contributed by atoms with van der Waals surface area (Å²) in [6.07, 6.45) is 2.05. The number of halogens is 2. The number of hydrogen-bond acceptors (Lipinski definition) is 3. The van der Waals surface area contributed by atoms with Gasteiger partial charge in [0.1, 0.15) is 6.61 Å². The first-order valence-corrected chi connectivity index (χ1v) is 6.86. The van der Waals surface area contributed by atoms with Crippen molar-refractivity contribution in [3.8, 4) is 0 Å². The molecule has 3 nitrogen and oxygen atoms in total. The van der Waals surface area contributed by atoms with Gasteiger partial charge in [-0.2, -0.15) is 0 Å². The molecule has 1 aliphatic rings. The Morgan fingerprint density at radius 2 is 2.41 bits per heavy atom. The summed E-state index contributed by atoms with van der Waals surface area (Å²) in [5, 5.41) is 0.537. The van der Waals surface area contributed by atoms with Crippen LogP contribution in [0, 0.1) is 3.57 Å². The lowest BCUT2D eigenvalue weighted by molar-refractivity contribution is 0.0160. The van der Waals surface area contributed by atoms with Crippen molar-refractivity contribution in [2.24, 2.45) is 0 Å². The monoisotopic (exact) mass is 366 g/mol. The Bertz CT molecular complexity index is 416. The molecule has 1 saturated heterocycles. The minimum atomic E-state index is -0.340. The summed E-state index contributed by atoms with van der Waals surface area (Å²) in [5.41, 5.74) is 0.510. The SMILES string of the molecule is O=C(OC[C@H]1CCCO1)c1cc(Cl)ccc1I. The summed E-state index contributed by atoms with van der Waals surface area (Å²) < 4.78 is 11.4. The van der Waals surface area contributed by atoms with Gasteiger partial charge in [-0.25, -0.2) is 4.79 Å². The van der Waals surface area contributed by atoms with Gasteiger partial charge in [0.2, 0.25) is 0 Å². The number of benzene rings is 1. The molecule has 0 amide bonds. The molecule has 0 bridgehead atoms. The molecular weight excluding hydrogens is 354 g/mol. The molecule has 1 aromatic carbocycles. The van der Waals surface area contributed by atoms with Crippen molar-refractivity contribution >= 4 is 40.2 Å². The largest absolute Gasteiger partial charge is 0.459 e. The molecule has 0 radical (unpaired) electrons. The van der Waals surface area contributed by atoms with Crippen LogP contribution in [0.2, 0.25) is 5.02 Å². The lowest BCUT2D eigenvalue weighted by Gasteiger charge is -2.11. The van der Waals surface area contributed by atoms with E-state index in [9.17, 15) is 4.79 Å². The van der Waals surface area contributed by atoms with Gasteiger partial charge in [0, 0.05) is 15.2 Å². The molecule has 92 valence electrons. The summed E-state index contributed by atoms with van der Waals surface area (Å²) >= 11 is 7.94. The second-order valence-corrected chi connectivity index (χ2v) is 5.46. The van der Waals surface area contributed by atoms with E-state index in [0.29, 0.717) is 17.2 Å². The maximum atomic E-state index is 11.8. The Balaban J connectivity index is 1.96. The van der Waals surface area contributed by atoms with E-state index >= 15 is 0 Å². The number of esters is 1. The van der Waals surface area contributed by atoms with E-state index in [1.54, 1.807) is 18.2 Å². The second kappa shape index (κ2) is 6.02. The fourth-order valence-electron chi connectivity index (χ4n) is 1.68. The topological polar surface area (TPSA) is 35.5 Å². The van der Waals surface area contributed by atoms with Gasteiger partial charge in [-0.05, 0) is 53.6 Å². The van der Waals surface area contributed by atoms with Crippen molar-refractivity contribution in [3.63, 3.8) is 0 Å². The maximum absolute atomic E-state index is 11.8. The lowest BCUT2D eigenvalue weighted by atomic mass is 10.2. The van der Waals surface area contributed by atoms with Crippen molar-refractivity contribution in [1.29, 1.82) is 0 Å². The van der Waals surface area contributed by atoms with Crippen molar-refractivity contribution < 1.29 is 14.3 Å². The van der Waals surface area contributed by atoms with Gasteiger partial charge in [-0.1, -0.05) is 11.6 Å². The molecular formula is C12H12ClIO3. The minimum Gasteiger partial charge on any atom is -0.459 e. The van der Waals surface area contributed by atoms with Crippen LogP contribution >= 0.6 is 34.2 Å². The normalized spacial score (nSPS) is 19.3. The molecule has 1 atom stereocenters. The standard InChI is InChI=1S/C12H12ClIO3/c13-8-3-4-11(14)10(6-8)12(15)17-7-9-2-1-5-16-9/h3-4,6,9H,1-2,5,7H2/t9-/m1/s1. The molecule has 1 fully saturated rings. The van der Waals surface area contributed by atoms with Crippen LogP contribution in [0.25, 0.3) is 0 Å². The van der Waals surface area contributed by atoms with Gasteiger partial charge in [0.15, 0.2) is 0 Å². The zero-order valence-corrected chi connectivity index (χ0v) is 12.0. The van der Waals surface area contributed by atoms with Gasteiger partial charge in [-0.3, -0.25) is 0 Å². The summed E-state index contributed by atoms with van der Waals surface area (Å²) in [7, 11) is 0. The fourth-order valence-corrected chi connectivity index (χ4v) is 2.40. The van der Waals surface area contributed by atoms with Crippen LogP contribution in [-0.4, -0.2) is 25.3 Å². The van der Waals surface area contributed by atoms with Crippen LogP contribution in [0.15, 0.2) is 18.2 Å². The van der Waals surface area contributed by atoms with Gasteiger partial charge in [-0.15, -0.1) is 0 Å². The van der Waals surface area contributed by atoms with E-state index in [2.05, 4.69) is 22.6 Å². The zero-order chi connectivity index (χ0) is 12.3. The van der Waals surface area contributed by atoms with Crippen LogP contribution < -0.4 is 0 Å². The van der Waals surface area contributed by atoms with Crippen molar-refractivity contribution in [3.05, 3.63) is 32.4 Å². The highest BCUT2D eigenvalue weighted by Crippen LogP contribution is 2.19. The third-order valence-electron chi connectivity index (χ3n) is 2.57. The fraction of sp³-hybridized carbons (Fsp3) is 0.417.